The van der Waals surface area contributed by atoms with Crippen molar-refractivity contribution in [2.45, 2.75) is 13.0 Å². The largest absolute Gasteiger partial charge is 0.449 e. The first-order chi connectivity index (χ1) is 12.5. The highest BCUT2D eigenvalue weighted by molar-refractivity contribution is 6.30. The van der Waals surface area contributed by atoms with Crippen LogP contribution in [0.4, 0.5) is 0 Å². The Labute approximate surface area is 158 Å². The fraction of sp³-hybridized carbons (Fsp3) is 0.143. The van der Waals surface area contributed by atoms with Crippen molar-refractivity contribution < 1.29 is 14.3 Å². The molecule has 0 bridgehead atoms. The molecule has 0 radical (unpaired) electrons. The standard InChI is InChI=1S/C21H20ClNO3/c1-3-13-23-20(24)15(2)26-21(25)19(14-16-7-5-4-6-8-16)17-9-11-18(22)12-10-17/h3-12,14-15H,1,13H2,2H3,(H,23,24)/b19-14+/t15-/m0/s1. The maximum atomic E-state index is 12.7. The Morgan fingerprint density at radius 3 is 2.42 bits per heavy atom. The zero-order chi connectivity index (χ0) is 18.9. The molecule has 4 nitrogen and oxygen atoms in total. The third-order valence-corrected chi connectivity index (χ3v) is 3.81. The highest BCUT2D eigenvalue weighted by atomic mass is 35.5. The molecule has 1 N–H and O–H groups in total. The van der Waals surface area contributed by atoms with Gasteiger partial charge in [0.1, 0.15) is 0 Å². The quantitative estimate of drug-likeness (QED) is 0.346. The molecule has 134 valence electrons. The van der Waals surface area contributed by atoms with Crippen molar-refractivity contribution in [1.29, 1.82) is 0 Å². The van der Waals surface area contributed by atoms with E-state index in [0.717, 1.165) is 5.56 Å². The van der Waals surface area contributed by atoms with Gasteiger partial charge in [0.25, 0.3) is 5.91 Å². The van der Waals surface area contributed by atoms with Crippen LogP contribution in [0.25, 0.3) is 11.6 Å². The molecule has 1 atom stereocenters. The molecule has 0 aliphatic heterocycles. The fourth-order valence-electron chi connectivity index (χ4n) is 2.20. The molecule has 0 heterocycles. The van der Waals surface area contributed by atoms with Crippen LogP contribution in [0, 0.1) is 0 Å². The van der Waals surface area contributed by atoms with Crippen LogP contribution < -0.4 is 5.32 Å². The van der Waals surface area contributed by atoms with Crippen LogP contribution in [0.1, 0.15) is 18.1 Å². The molecular weight excluding hydrogens is 350 g/mol. The van der Waals surface area contributed by atoms with Gasteiger partial charge in [0.2, 0.25) is 0 Å². The van der Waals surface area contributed by atoms with Crippen LogP contribution in [0.5, 0.6) is 0 Å². The molecule has 1 amide bonds. The van der Waals surface area contributed by atoms with Gasteiger partial charge in [-0.25, -0.2) is 4.79 Å². The van der Waals surface area contributed by atoms with Gasteiger partial charge in [0, 0.05) is 11.6 Å². The smallest absolute Gasteiger partial charge is 0.339 e. The first-order valence-electron chi connectivity index (χ1n) is 8.13. The molecule has 0 aromatic heterocycles. The van der Waals surface area contributed by atoms with E-state index in [1.54, 1.807) is 36.4 Å². The van der Waals surface area contributed by atoms with E-state index >= 15 is 0 Å². The topological polar surface area (TPSA) is 55.4 Å². The summed E-state index contributed by atoms with van der Waals surface area (Å²) in [5.74, 6) is -0.967. The normalized spacial score (nSPS) is 12.2. The molecule has 0 aliphatic rings. The SMILES string of the molecule is C=CCNC(=O)[C@H](C)OC(=O)/C(=C/c1ccccc1)c1ccc(Cl)cc1. The number of amides is 1. The summed E-state index contributed by atoms with van der Waals surface area (Å²) in [5.41, 5.74) is 1.84. The minimum Gasteiger partial charge on any atom is -0.449 e. The molecule has 0 unspecified atom stereocenters. The van der Waals surface area contributed by atoms with E-state index in [2.05, 4.69) is 11.9 Å². The molecule has 2 aromatic carbocycles. The Hall–Kier alpha value is -2.85. The van der Waals surface area contributed by atoms with Crippen molar-refractivity contribution in [3.05, 3.63) is 83.4 Å². The molecule has 0 aliphatic carbocycles. The molecule has 0 spiro atoms. The van der Waals surface area contributed by atoms with E-state index in [4.69, 9.17) is 16.3 Å². The van der Waals surface area contributed by atoms with Crippen LogP contribution in [-0.2, 0) is 14.3 Å². The predicted octanol–water partition coefficient (Wildman–Crippen LogP) is 4.11. The average Bonchev–Trinajstić information content (AvgIpc) is 2.65. The molecule has 0 saturated carbocycles. The average molecular weight is 370 g/mol. The second kappa shape index (κ2) is 9.59. The second-order valence-electron chi connectivity index (χ2n) is 5.56. The van der Waals surface area contributed by atoms with Crippen LogP contribution in [-0.4, -0.2) is 24.5 Å². The molecule has 0 fully saturated rings. The molecular formula is C21H20ClNO3. The van der Waals surface area contributed by atoms with Crippen molar-refractivity contribution in [1.82, 2.24) is 5.32 Å². The maximum absolute atomic E-state index is 12.7. The summed E-state index contributed by atoms with van der Waals surface area (Å²) in [6.45, 7) is 5.37. The van der Waals surface area contributed by atoms with Gasteiger partial charge in [-0.1, -0.05) is 60.1 Å². The van der Waals surface area contributed by atoms with Crippen LogP contribution in [0.2, 0.25) is 5.02 Å². The lowest BCUT2D eigenvalue weighted by atomic mass is 10.0. The molecule has 2 rings (SSSR count). The summed E-state index contributed by atoms with van der Waals surface area (Å²) in [5, 5.41) is 3.17. The van der Waals surface area contributed by atoms with E-state index in [9.17, 15) is 9.59 Å². The summed E-state index contributed by atoms with van der Waals surface area (Å²) < 4.78 is 5.34. The van der Waals surface area contributed by atoms with Crippen molar-refractivity contribution in [3.63, 3.8) is 0 Å². The predicted molar refractivity (Wildman–Crippen MR) is 105 cm³/mol. The van der Waals surface area contributed by atoms with Crippen molar-refractivity contribution in [3.8, 4) is 0 Å². The number of hydrogen-bond acceptors (Lipinski definition) is 3. The van der Waals surface area contributed by atoms with E-state index in [0.29, 0.717) is 22.7 Å². The number of benzene rings is 2. The van der Waals surface area contributed by atoms with E-state index in [1.165, 1.54) is 6.92 Å². The van der Waals surface area contributed by atoms with Crippen molar-refractivity contribution in [2.24, 2.45) is 0 Å². The van der Waals surface area contributed by atoms with Crippen LogP contribution in [0.15, 0.2) is 67.3 Å². The summed E-state index contributed by atoms with van der Waals surface area (Å²) in [4.78, 5) is 24.6. The number of halogens is 1. The number of esters is 1. The minimum absolute atomic E-state index is 0.310. The zero-order valence-electron chi connectivity index (χ0n) is 14.4. The van der Waals surface area contributed by atoms with Crippen molar-refractivity contribution >= 4 is 35.1 Å². The zero-order valence-corrected chi connectivity index (χ0v) is 15.2. The number of carbonyl (C=O) groups is 2. The van der Waals surface area contributed by atoms with Crippen LogP contribution >= 0.6 is 11.6 Å². The number of ether oxygens (including phenoxy) is 1. The third kappa shape index (κ3) is 5.60. The fourth-order valence-corrected chi connectivity index (χ4v) is 2.33. The van der Waals surface area contributed by atoms with Gasteiger partial charge in [-0.2, -0.15) is 0 Å². The Kier molecular flexibility index (Phi) is 7.18. The first-order valence-corrected chi connectivity index (χ1v) is 8.51. The lowest BCUT2D eigenvalue weighted by Crippen LogP contribution is -2.36. The third-order valence-electron chi connectivity index (χ3n) is 3.56. The maximum Gasteiger partial charge on any atom is 0.339 e. The van der Waals surface area contributed by atoms with E-state index < -0.39 is 12.1 Å². The lowest BCUT2D eigenvalue weighted by Gasteiger charge is -2.15. The second-order valence-corrected chi connectivity index (χ2v) is 5.99. The number of rotatable bonds is 7. The Morgan fingerprint density at radius 1 is 1.15 bits per heavy atom. The Morgan fingerprint density at radius 2 is 1.81 bits per heavy atom. The molecule has 5 heteroatoms. The van der Waals surface area contributed by atoms with Gasteiger partial charge in [0.15, 0.2) is 6.10 Å². The summed E-state index contributed by atoms with van der Waals surface area (Å²) in [7, 11) is 0. The minimum atomic E-state index is -0.922. The Balaban J connectivity index is 2.27. The summed E-state index contributed by atoms with van der Waals surface area (Å²) in [6, 6.07) is 16.3. The highest BCUT2D eigenvalue weighted by Crippen LogP contribution is 2.22. The van der Waals surface area contributed by atoms with Gasteiger partial charge in [-0.05, 0) is 36.3 Å². The van der Waals surface area contributed by atoms with Gasteiger partial charge in [-0.3, -0.25) is 4.79 Å². The van der Waals surface area contributed by atoms with Crippen LogP contribution in [0.3, 0.4) is 0 Å². The summed E-state index contributed by atoms with van der Waals surface area (Å²) in [6.07, 6.45) is 2.36. The molecule has 0 saturated heterocycles. The first kappa shape index (κ1) is 19.5. The van der Waals surface area contributed by atoms with Gasteiger partial charge in [-0.15, -0.1) is 6.58 Å². The molecule has 2 aromatic rings. The van der Waals surface area contributed by atoms with Gasteiger partial charge >= 0.3 is 5.97 Å². The summed E-state index contributed by atoms with van der Waals surface area (Å²) >= 11 is 5.93. The van der Waals surface area contributed by atoms with Crippen molar-refractivity contribution in [2.75, 3.05) is 6.54 Å². The molecule has 26 heavy (non-hydrogen) atoms. The monoisotopic (exact) mass is 369 g/mol. The van der Waals surface area contributed by atoms with E-state index in [-0.39, 0.29) is 5.91 Å². The van der Waals surface area contributed by atoms with Gasteiger partial charge in [0.05, 0.1) is 5.57 Å². The highest BCUT2D eigenvalue weighted by Gasteiger charge is 2.21. The number of carbonyl (C=O) groups excluding carboxylic acids is 2. The lowest BCUT2D eigenvalue weighted by molar-refractivity contribution is -0.149. The number of hydrogen-bond donors (Lipinski definition) is 1. The number of nitrogens with one attached hydrogen (secondary N) is 1. The van der Waals surface area contributed by atoms with Gasteiger partial charge < -0.3 is 10.1 Å². The van der Waals surface area contributed by atoms with E-state index in [1.807, 2.05) is 30.3 Å². The Bertz CT molecular complexity index is 798.